The van der Waals surface area contributed by atoms with Gasteiger partial charge in [-0.15, -0.1) is 0 Å². The number of rotatable bonds is 4. The first-order valence-corrected chi connectivity index (χ1v) is 5.25. The van der Waals surface area contributed by atoms with E-state index in [1.165, 1.54) is 18.2 Å². The van der Waals surface area contributed by atoms with Crippen LogP contribution in [0.25, 0.3) is 0 Å². The number of halogens is 1. The molecule has 0 radical (unpaired) electrons. The first-order chi connectivity index (χ1) is 8.66. The van der Waals surface area contributed by atoms with Crippen LogP contribution in [-0.2, 0) is 6.54 Å². The Kier molecular flexibility index (Phi) is 3.47. The molecule has 1 aromatic carbocycles. The van der Waals surface area contributed by atoms with Gasteiger partial charge < -0.3 is 11.1 Å². The molecule has 0 fully saturated rings. The SMILES string of the molecule is NC(=O)c1cc(NCc2cnccn2)ccc1F. The molecular formula is C12H11FN4O. The molecule has 92 valence electrons. The first-order valence-electron chi connectivity index (χ1n) is 5.25. The van der Waals surface area contributed by atoms with Crippen LogP contribution in [-0.4, -0.2) is 15.9 Å². The number of nitrogens with two attached hydrogens (primary N) is 1. The molecule has 0 saturated carbocycles. The Morgan fingerprint density at radius 3 is 2.89 bits per heavy atom. The second-order valence-corrected chi connectivity index (χ2v) is 3.61. The Morgan fingerprint density at radius 2 is 2.22 bits per heavy atom. The maximum Gasteiger partial charge on any atom is 0.251 e. The molecule has 1 amide bonds. The molecule has 5 nitrogen and oxygen atoms in total. The van der Waals surface area contributed by atoms with Crippen molar-refractivity contribution >= 4 is 11.6 Å². The summed E-state index contributed by atoms with van der Waals surface area (Å²) in [6.07, 6.45) is 4.77. The molecule has 3 N–H and O–H groups in total. The summed E-state index contributed by atoms with van der Waals surface area (Å²) < 4.78 is 13.2. The predicted molar refractivity (Wildman–Crippen MR) is 64.3 cm³/mol. The van der Waals surface area contributed by atoms with Crippen LogP contribution in [0.2, 0.25) is 0 Å². The summed E-state index contributed by atoms with van der Waals surface area (Å²) in [5.41, 5.74) is 6.25. The van der Waals surface area contributed by atoms with Crippen molar-refractivity contribution in [3.8, 4) is 0 Å². The van der Waals surface area contributed by atoms with Gasteiger partial charge in [-0.05, 0) is 18.2 Å². The zero-order chi connectivity index (χ0) is 13.0. The van der Waals surface area contributed by atoms with Crippen molar-refractivity contribution < 1.29 is 9.18 Å². The van der Waals surface area contributed by atoms with E-state index in [1.807, 2.05) is 0 Å². The molecule has 2 rings (SSSR count). The molecule has 6 heteroatoms. The molecule has 1 heterocycles. The second-order valence-electron chi connectivity index (χ2n) is 3.61. The van der Waals surface area contributed by atoms with Crippen molar-refractivity contribution in [2.45, 2.75) is 6.54 Å². The molecule has 0 spiro atoms. The smallest absolute Gasteiger partial charge is 0.251 e. The number of primary amides is 1. The zero-order valence-corrected chi connectivity index (χ0v) is 9.43. The minimum Gasteiger partial charge on any atom is -0.379 e. The maximum atomic E-state index is 13.2. The zero-order valence-electron chi connectivity index (χ0n) is 9.43. The van der Waals surface area contributed by atoms with Crippen molar-refractivity contribution in [2.75, 3.05) is 5.32 Å². The molecule has 0 aliphatic rings. The van der Waals surface area contributed by atoms with Crippen LogP contribution >= 0.6 is 0 Å². The van der Waals surface area contributed by atoms with E-state index in [0.29, 0.717) is 12.2 Å². The highest BCUT2D eigenvalue weighted by Gasteiger charge is 2.08. The van der Waals surface area contributed by atoms with Gasteiger partial charge in [0, 0.05) is 18.1 Å². The van der Waals surface area contributed by atoms with E-state index in [4.69, 9.17) is 5.73 Å². The quantitative estimate of drug-likeness (QED) is 0.852. The van der Waals surface area contributed by atoms with Crippen LogP contribution < -0.4 is 11.1 Å². The summed E-state index contributed by atoms with van der Waals surface area (Å²) in [6, 6.07) is 4.09. The van der Waals surface area contributed by atoms with E-state index >= 15 is 0 Å². The van der Waals surface area contributed by atoms with Crippen LogP contribution in [0, 0.1) is 5.82 Å². The van der Waals surface area contributed by atoms with Crippen LogP contribution in [0.3, 0.4) is 0 Å². The topological polar surface area (TPSA) is 80.9 Å². The maximum absolute atomic E-state index is 13.2. The van der Waals surface area contributed by atoms with Crippen molar-refractivity contribution in [1.29, 1.82) is 0 Å². The predicted octanol–water partition coefficient (Wildman–Crippen LogP) is 1.33. The number of hydrogen-bond donors (Lipinski definition) is 2. The van der Waals surface area contributed by atoms with Gasteiger partial charge in [0.25, 0.3) is 5.91 Å². The van der Waals surface area contributed by atoms with Gasteiger partial charge in [-0.3, -0.25) is 14.8 Å². The number of carbonyl (C=O) groups is 1. The fourth-order valence-electron chi connectivity index (χ4n) is 1.44. The van der Waals surface area contributed by atoms with Crippen molar-refractivity contribution in [3.05, 3.63) is 53.9 Å². The standard InChI is InChI=1S/C12H11FN4O/c13-11-2-1-8(5-10(11)12(14)18)17-7-9-6-15-3-4-16-9/h1-6,17H,7H2,(H2,14,18). The lowest BCUT2D eigenvalue weighted by Gasteiger charge is -2.07. The molecule has 2 aromatic rings. The highest BCUT2D eigenvalue weighted by atomic mass is 19.1. The molecular weight excluding hydrogens is 235 g/mol. The lowest BCUT2D eigenvalue weighted by atomic mass is 10.2. The monoisotopic (exact) mass is 246 g/mol. The Labute approximate surface area is 103 Å². The lowest BCUT2D eigenvalue weighted by Crippen LogP contribution is -2.13. The van der Waals surface area contributed by atoms with Crippen molar-refractivity contribution in [3.63, 3.8) is 0 Å². The van der Waals surface area contributed by atoms with E-state index in [2.05, 4.69) is 15.3 Å². The molecule has 0 aliphatic carbocycles. The van der Waals surface area contributed by atoms with Gasteiger partial charge in [-0.1, -0.05) is 0 Å². The minimum atomic E-state index is -0.796. The Balaban J connectivity index is 2.11. The fourth-order valence-corrected chi connectivity index (χ4v) is 1.44. The highest BCUT2D eigenvalue weighted by molar-refractivity contribution is 5.94. The third-order valence-corrected chi connectivity index (χ3v) is 2.32. The van der Waals surface area contributed by atoms with Crippen molar-refractivity contribution in [2.24, 2.45) is 5.73 Å². The molecule has 0 unspecified atom stereocenters. The minimum absolute atomic E-state index is 0.140. The fraction of sp³-hybridized carbons (Fsp3) is 0.0833. The second kappa shape index (κ2) is 5.22. The Hall–Kier alpha value is -2.50. The van der Waals surface area contributed by atoms with Crippen LogP contribution in [0.1, 0.15) is 16.1 Å². The third kappa shape index (κ3) is 2.79. The van der Waals surface area contributed by atoms with E-state index in [0.717, 1.165) is 5.69 Å². The van der Waals surface area contributed by atoms with Crippen LogP contribution in [0.5, 0.6) is 0 Å². The average Bonchev–Trinajstić information content (AvgIpc) is 2.38. The van der Waals surface area contributed by atoms with Crippen LogP contribution in [0.4, 0.5) is 10.1 Å². The van der Waals surface area contributed by atoms with E-state index in [9.17, 15) is 9.18 Å². The van der Waals surface area contributed by atoms with E-state index in [-0.39, 0.29) is 5.56 Å². The van der Waals surface area contributed by atoms with Crippen molar-refractivity contribution in [1.82, 2.24) is 9.97 Å². The largest absolute Gasteiger partial charge is 0.379 e. The van der Waals surface area contributed by atoms with Gasteiger partial charge in [0.1, 0.15) is 5.82 Å². The lowest BCUT2D eigenvalue weighted by molar-refractivity contribution is 0.0996. The van der Waals surface area contributed by atoms with Gasteiger partial charge in [-0.25, -0.2) is 4.39 Å². The number of benzene rings is 1. The van der Waals surface area contributed by atoms with Crippen LogP contribution in [0.15, 0.2) is 36.8 Å². The normalized spacial score (nSPS) is 10.1. The van der Waals surface area contributed by atoms with Gasteiger partial charge in [-0.2, -0.15) is 0 Å². The van der Waals surface area contributed by atoms with Gasteiger partial charge >= 0.3 is 0 Å². The highest BCUT2D eigenvalue weighted by Crippen LogP contribution is 2.14. The first kappa shape index (κ1) is 12.0. The number of nitrogens with one attached hydrogen (secondary N) is 1. The number of nitrogens with zero attached hydrogens (tertiary/aromatic N) is 2. The molecule has 0 aliphatic heterocycles. The summed E-state index contributed by atoms with van der Waals surface area (Å²) >= 11 is 0. The summed E-state index contributed by atoms with van der Waals surface area (Å²) in [5.74, 6) is -1.43. The summed E-state index contributed by atoms with van der Waals surface area (Å²) in [7, 11) is 0. The van der Waals surface area contributed by atoms with Gasteiger partial charge in [0.15, 0.2) is 0 Å². The molecule has 0 bridgehead atoms. The van der Waals surface area contributed by atoms with E-state index in [1.54, 1.807) is 18.6 Å². The molecule has 18 heavy (non-hydrogen) atoms. The number of hydrogen-bond acceptors (Lipinski definition) is 4. The Bertz CT molecular complexity index is 559. The molecule has 0 saturated heterocycles. The Morgan fingerprint density at radius 1 is 1.39 bits per heavy atom. The van der Waals surface area contributed by atoms with Gasteiger partial charge in [0.05, 0.1) is 24.0 Å². The molecule has 1 aromatic heterocycles. The summed E-state index contributed by atoms with van der Waals surface area (Å²) in [6.45, 7) is 0.428. The number of anilines is 1. The number of amides is 1. The number of aromatic nitrogens is 2. The van der Waals surface area contributed by atoms with E-state index < -0.39 is 11.7 Å². The number of carbonyl (C=O) groups excluding carboxylic acids is 1. The summed E-state index contributed by atoms with van der Waals surface area (Å²) in [4.78, 5) is 19.0. The third-order valence-electron chi connectivity index (χ3n) is 2.32. The average molecular weight is 246 g/mol. The molecule has 0 atom stereocenters. The summed E-state index contributed by atoms with van der Waals surface area (Å²) in [5, 5.41) is 3.01. The van der Waals surface area contributed by atoms with Gasteiger partial charge in [0.2, 0.25) is 0 Å².